The van der Waals surface area contributed by atoms with Gasteiger partial charge in [0.15, 0.2) is 12.6 Å². The standard InChI is InChI=1S/2C6H13NO2.C2H2O4/c2*1-8-6(9-2)5-3-7-4-5;3-1(4)2(5)6/h2*5-7H,3-4H2,1-2H3;(H,3,4)(H,5,6). The summed E-state index contributed by atoms with van der Waals surface area (Å²) in [5, 5.41) is 21.1. The molecule has 24 heavy (non-hydrogen) atoms. The minimum Gasteiger partial charge on any atom is -0.473 e. The number of ether oxygens (including phenoxy) is 4. The monoisotopic (exact) mass is 352 g/mol. The number of nitrogens with one attached hydrogen (secondary N) is 2. The summed E-state index contributed by atoms with van der Waals surface area (Å²) in [7, 11) is 6.69. The van der Waals surface area contributed by atoms with E-state index in [2.05, 4.69) is 10.6 Å². The molecule has 0 aromatic rings. The highest BCUT2D eigenvalue weighted by atomic mass is 16.7. The highest BCUT2D eigenvalue weighted by Crippen LogP contribution is 2.12. The van der Waals surface area contributed by atoms with E-state index in [-0.39, 0.29) is 12.6 Å². The molecule has 0 atom stereocenters. The molecule has 2 aliphatic heterocycles. The summed E-state index contributed by atoms with van der Waals surface area (Å²) in [6.07, 6.45) is -0.0162. The predicted molar refractivity (Wildman–Crippen MR) is 83.6 cm³/mol. The first-order chi connectivity index (χ1) is 11.4. The first-order valence-electron chi connectivity index (χ1n) is 7.40. The fraction of sp³-hybridized carbons (Fsp3) is 0.857. The van der Waals surface area contributed by atoms with Crippen molar-refractivity contribution >= 4 is 11.9 Å². The van der Waals surface area contributed by atoms with Gasteiger partial charge in [0.25, 0.3) is 0 Å². The SMILES string of the molecule is COC(OC)C1CNC1.COC(OC)C1CNC1.O=C(O)C(=O)O. The number of carboxylic acid groups (broad SMARTS) is 2. The van der Waals surface area contributed by atoms with E-state index in [4.69, 9.17) is 38.7 Å². The summed E-state index contributed by atoms with van der Waals surface area (Å²) in [6.45, 7) is 4.08. The lowest BCUT2D eigenvalue weighted by atomic mass is 10.0. The van der Waals surface area contributed by atoms with Crippen molar-refractivity contribution in [3.63, 3.8) is 0 Å². The Morgan fingerprint density at radius 1 is 0.750 bits per heavy atom. The number of rotatable bonds is 6. The Bertz CT molecular complexity index is 319. The maximum Gasteiger partial charge on any atom is 0.414 e. The van der Waals surface area contributed by atoms with Crippen LogP contribution in [0.4, 0.5) is 0 Å². The smallest absolute Gasteiger partial charge is 0.414 e. The average molecular weight is 352 g/mol. The highest BCUT2D eigenvalue weighted by Gasteiger charge is 2.26. The number of hydrogen-bond acceptors (Lipinski definition) is 8. The topological polar surface area (TPSA) is 136 Å². The lowest BCUT2D eigenvalue weighted by Crippen LogP contribution is -2.49. The van der Waals surface area contributed by atoms with Gasteiger partial charge in [-0.3, -0.25) is 0 Å². The summed E-state index contributed by atoms with van der Waals surface area (Å²) in [5.74, 6) is -2.54. The molecule has 0 bridgehead atoms. The molecular formula is C14H28N2O8. The van der Waals surface area contributed by atoms with Crippen LogP contribution in [0.25, 0.3) is 0 Å². The zero-order chi connectivity index (χ0) is 18.5. The van der Waals surface area contributed by atoms with E-state index < -0.39 is 11.9 Å². The molecule has 2 fully saturated rings. The largest absolute Gasteiger partial charge is 0.473 e. The number of methoxy groups -OCH3 is 4. The fourth-order valence-electron chi connectivity index (χ4n) is 1.97. The van der Waals surface area contributed by atoms with E-state index in [9.17, 15) is 0 Å². The second-order valence-electron chi connectivity index (χ2n) is 5.13. The summed E-state index contributed by atoms with van der Waals surface area (Å²) < 4.78 is 20.2. The Labute approximate surface area is 141 Å². The van der Waals surface area contributed by atoms with E-state index >= 15 is 0 Å². The molecule has 2 aliphatic rings. The molecule has 10 heteroatoms. The molecule has 2 heterocycles. The van der Waals surface area contributed by atoms with E-state index in [1.807, 2.05) is 0 Å². The Morgan fingerprint density at radius 2 is 1.00 bits per heavy atom. The van der Waals surface area contributed by atoms with Gasteiger partial charge in [-0.05, 0) is 0 Å². The van der Waals surface area contributed by atoms with Gasteiger partial charge in [0.1, 0.15) is 0 Å². The molecular weight excluding hydrogens is 324 g/mol. The van der Waals surface area contributed by atoms with Gasteiger partial charge in [0.2, 0.25) is 0 Å². The summed E-state index contributed by atoms with van der Waals surface area (Å²) in [5.41, 5.74) is 0. The van der Waals surface area contributed by atoms with Crippen molar-refractivity contribution < 1.29 is 38.7 Å². The molecule has 4 N–H and O–H groups in total. The molecule has 142 valence electrons. The number of aliphatic carboxylic acids is 2. The van der Waals surface area contributed by atoms with Gasteiger partial charge in [0, 0.05) is 66.5 Å². The molecule has 0 spiro atoms. The van der Waals surface area contributed by atoms with Crippen molar-refractivity contribution in [2.75, 3.05) is 54.6 Å². The van der Waals surface area contributed by atoms with Gasteiger partial charge < -0.3 is 39.8 Å². The van der Waals surface area contributed by atoms with Crippen molar-refractivity contribution in [1.29, 1.82) is 0 Å². The minimum absolute atomic E-state index is 0.00810. The van der Waals surface area contributed by atoms with Crippen LogP contribution in [-0.2, 0) is 28.5 Å². The normalized spacial score (nSPS) is 17.1. The van der Waals surface area contributed by atoms with Crippen molar-refractivity contribution in [1.82, 2.24) is 10.6 Å². The van der Waals surface area contributed by atoms with Gasteiger partial charge in [-0.25, -0.2) is 9.59 Å². The molecule has 0 amide bonds. The van der Waals surface area contributed by atoms with Gasteiger partial charge in [0.05, 0.1) is 0 Å². The van der Waals surface area contributed by atoms with Crippen LogP contribution in [0.2, 0.25) is 0 Å². The number of hydrogen-bond donors (Lipinski definition) is 4. The van der Waals surface area contributed by atoms with E-state index in [1.54, 1.807) is 28.4 Å². The molecule has 0 saturated carbocycles. The van der Waals surface area contributed by atoms with Crippen LogP contribution >= 0.6 is 0 Å². The Balaban J connectivity index is 0.000000340. The summed E-state index contributed by atoms with van der Waals surface area (Å²) >= 11 is 0. The van der Waals surface area contributed by atoms with E-state index in [0.717, 1.165) is 26.2 Å². The zero-order valence-corrected chi connectivity index (χ0v) is 14.5. The average Bonchev–Trinajstić information content (AvgIpc) is 2.47. The summed E-state index contributed by atoms with van der Waals surface area (Å²) in [4.78, 5) is 18.2. The Morgan fingerprint density at radius 3 is 1.04 bits per heavy atom. The fourth-order valence-corrected chi connectivity index (χ4v) is 1.97. The van der Waals surface area contributed by atoms with Crippen LogP contribution < -0.4 is 10.6 Å². The lowest BCUT2D eigenvalue weighted by Gasteiger charge is -2.32. The third-order valence-electron chi connectivity index (χ3n) is 3.51. The minimum atomic E-state index is -1.82. The quantitative estimate of drug-likeness (QED) is 0.341. The van der Waals surface area contributed by atoms with E-state index in [1.165, 1.54) is 0 Å². The Kier molecular flexibility index (Phi) is 12.3. The highest BCUT2D eigenvalue weighted by molar-refractivity contribution is 6.27. The van der Waals surface area contributed by atoms with Crippen molar-refractivity contribution in [3.05, 3.63) is 0 Å². The number of carboxylic acids is 2. The van der Waals surface area contributed by atoms with Crippen LogP contribution in [0.15, 0.2) is 0 Å². The van der Waals surface area contributed by atoms with Crippen molar-refractivity contribution in [3.8, 4) is 0 Å². The second kappa shape index (κ2) is 13.0. The maximum absolute atomic E-state index is 9.10. The molecule has 0 aromatic heterocycles. The van der Waals surface area contributed by atoms with Gasteiger partial charge in [-0.1, -0.05) is 0 Å². The first kappa shape index (κ1) is 22.7. The molecule has 0 aliphatic carbocycles. The van der Waals surface area contributed by atoms with E-state index in [0.29, 0.717) is 11.8 Å². The number of carbonyl (C=O) groups is 2. The molecule has 0 aromatic carbocycles. The molecule has 10 nitrogen and oxygen atoms in total. The van der Waals surface area contributed by atoms with Crippen LogP contribution in [-0.4, -0.2) is 89.3 Å². The van der Waals surface area contributed by atoms with Crippen molar-refractivity contribution in [2.24, 2.45) is 11.8 Å². The maximum atomic E-state index is 9.10. The van der Waals surface area contributed by atoms with Crippen LogP contribution in [0.3, 0.4) is 0 Å². The summed E-state index contributed by atoms with van der Waals surface area (Å²) in [6, 6.07) is 0. The molecule has 0 radical (unpaired) electrons. The molecule has 2 saturated heterocycles. The van der Waals surface area contributed by atoms with Crippen molar-refractivity contribution in [2.45, 2.75) is 12.6 Å². The van der Waals surface area contributed by atoms with Gasteiger partial charge >= 0.3 is 11.9 Å². The molecule has 2 rings (SSSR count). The molecule has 0 unspecified atom stereocenters. The van der Waals surface area contributed by atoms with Gasteiger partial charge in [-0.2, -0.15) is 0 Å². The first-order valence-corrected chi connectivity index (χ1v) is 7.40. The predicted octanol–water partition coefficient (Wildman–Crippen LogP) is -1.19. The third-order valence-corrected chi connectivity index (χ3v) is 3.51. The van der Waals surface area contributed by atoms with Crippen LogP contribution in [0, 0.1) is 11.8 Å². The second-order valence-corrected chi connectivity index (χ2v) is 5.13. The Hall–Kier alpha value is -1.30. The van der Waals surface area contributed by atoms with Crippen LogP contribution in [0.1, 0.15) is 0 Å². The third kappa shape index (κ3) is 8.52. The van der Waals surface area contributed by atoms with Crippen LogP contribution in [0.5, 0.6) is 0 Å². The lowest BCUT2D eigenvalue weighted by molar-refractivity contribution is -0.159. The zero-order valence-electron chi connectivity index (χ0n) is 14.5. The van der Waals surface area contributed by atoms with Gasteiger partial charge in [-0.15, -0.1) is 0 Å².